The Labute approximate surface area is 109 Å². The summed E-state index contributed by atoms with van der Waals surface area (Å²) in [6.07, 6.45) is 1.49. The van der Waals surface area contributed by atoms with Gasteiger partial charge in [-0.2, -0.15) is 0 Å². The number of carbonyl (C=O) groups is 1. The van der Waals surface area contributed by atoms with Crippen molar-refractivity contribution in [3.05, 3.63) is 34.4 Å². The van der Waals surface area contributed by atoms with Crippen molar-refractivity contribution in [2.24, 2.45) is 0 Å². The van der Waals surface area contributed by atoms with E-state index in [2.05, 4.69) is 0 Å². The fourth-order valence-corrected chi connectivity index (χ4v) is 3.82. The van der Waals surface area contributed by atoms with Crippen molar-refractivity contribution in [2.45, 2.75) is 40.5 Å². The number of rotatable bonds is 5. The van der Waals surface area contributed by atoms with Crippen LogP contribution in [0.4, 0.5) is 0 Å². The summed E-state index contributed by atoms with van der Waals surface area (Å²) in [4.78, 5) is 22.1. The summed E-state index contributed by atoms with van der Waals surface area (Å²) in [6, 6.07) is 3.75. The van der Waals surface area contributed by atoms with Gasteiger partial charge in [0, 0.05) is 11.7 Å². The summed E-state index contributed by atoms with van der Waals surface area (Å²) >= 11 is 0. The van der Waals surface area contributed by atoms with Crippen molar-refractivity contribution in [1.29, 1.82) is 0 Å². The molecular weight excluding hydrogens is 247 g/mol. The number of hydrogen-bond acceptors (Lipinski definition) is 2. The van der Waals surface area contributed by atoms with Crippen molar-refractivity contribution in [1.82, 2.24) is 0 Å². The Morgan fingerprint density at radius 2 is 1.72 bits per heavy atom. The first kappa shape index (κ1) is 15.1. The molecule has 3 nitrogen and oxygen atoms in total. The summed E-state index contributed by atoms with van der Waals surface area (Å²) < 4.78 is 12.1. The van der Waals surface area contributed by atoms with Crippen LogP contribution in [0.5, 0.6) is 0 Å². The Balaban J connectivity index is 3.15. The molecule has 0 amide bonds. The first-order valence-electron chi connectivity index (χ1n) is 6.24. The molecule has 1 N–H and O–H groups in total. The summed E-state index contributed by atoms with van der Waals surface area (Å²) in [5.74, 6) is 0. The molecule has 0 aliphatic rings. The molecule has 100 valence electrons. The highest BCUT2D eigenvalue weighted by Crippen LogP contribution is 2.46. The van der Waals surface area contributed by atoms with E-state index in [9.17, 15) is 14.3 Å². The van der Waals surface area contributed by atoms with E-state index < -0.39 is 12.9 Å². The minimum atomic E-state index is -3.73. The molecule has 0 spiro atoms. The first-order valence-corrected chi connectivity index (χ1v) is 8.08. The summed E-state index contributed by atoms with van der Waals surface area (Å²) in [5, 5.41) is 0. The van der Waals surface area contributed by atoms with Gasteiger partial charge in [0.15, 0.2) is 0 Å². The lowest BCUT2D eigenvalue weighted by Gasteiger charge is -2.14. The molecule has 0 bridgehead atoms. The number of carbonyl (C=O) groups excluding carboxylic acids is 1. The summed E-state index contributed by atoms with van der Waals surface area (Å²) in [6.45, 7) is 7.51. The molecule has 1 aromatic rings. The summed E-state index contributed by atoms with van der Waals surface area (Å²) in [5.41, 5.74) is 2.45. The van der Waals surface area contributed by atoms with Crippen LogP contribution >= 0.6 is 7.37 Å². The smallest absolute Gasteiger partial charge is 0.269 e. The molecule has 0 saturated heterocycles. The molecular formula is C14H21O3P. The largest absolute Gasteiger partial charge is 0.339 e. The van der Waals surface area contributed by atoms with Gasteiger partial charge in [-0.05, 0) is 38.3 Å². The second-order valence-electron chi connectivity index (χ2n) is 4.86. The maximum Gasteiger partial charge on any atom is 0.269 e. The molecule has 0 heterocycles. The third-order valence-corrected chi connectivity index (χ3v) is 4.80. The SMILES string of the molecule is CCCCP(=O)(O)C(=O)c1c(C)cc(C)cc1C. The molecule has 0 radical (unpaired) electrons. The van der Waals surface area contributed by atoms with E-state index in [1.54, 1.807) is 0 Å². The molecule has 0 aromatic heterocycles. The predicted octanol–water partition coefficient (Wildman–Crippen LogP) is 3.82. The van der Waals surface area contributed by atoms with Crippen LogP contribution in [0.3, 0.4) is 0 Å². The Kier molecular flexibility index (Phi) is 4.89. The van der Waals surface area contributed by atoms with E-state index in [0.717, 1.165) is 23.1 Å². The minimum Gasteiger partial charge on any atom is -0.339 e. The quantitative estimate of drug-likeness (QED) is 0.826. The minimum absolute atomic E-state index is 0.0785. The maximum absolute atomic E-state index is 12.2. The standard InChI is InChI=1S/C14H21O3P/c1-5-6-7-18(16,17)14(15)13-11(3)8-10(2)9-12(13)4/h8-9H,5-7H2,1-4H3,(H,16,17). The number of hydrogen-bond donors (Lipinski definition) is 1. The maximum atomic E-state index is 12.2. The van der Waals surface area contributed by atoms with Gasteiger partial charge >= 0.3 is 0 Å². The van der Waals surface area contributed by atoms with Crippen LogP contribution in [0.1, 0.15) is 46.8 Å². The zero-order valence-corrected chi connectivity index (χ0v) is 12.4. The van der Waals surface area contributed by atoms with Gasteiger partial charge in [-0.15, -0.1) is 0 Å². The molecule has 1 rings (SSSR count). The topological polar surface area (TPSA) is 54.4 Å². The Hall–Kier alpha value is -0.920. The van der Waals surface area contributed by atoms with Gasteiger partial charge in [0.05, 0.1) is 0 Å². The second kappa shape index (κ2) is 5.81. The van der Waals surface area contributed by atoms with Crippen LogP contribution in [0.2, 0.25) is 0 Å². The molecule has 0 fully saturated rings. The van der Waals surface area contributed by atoms with E-state index in [0.29, 0.717) is 12.0 Å². The van der Waals surface area contributed by atoms with Gasteiger partial charge < -0.3 is 4.89 Å². The van der Waals surface area contributed by atoms with E-state index in [1.807, 2.05) is 39.8 Å². The van der Waals surface area contributed by atoms with Gasteiger partial charge in [0.1, 0.15) is 0 Å². The molecule has 4 heteroatoms. The fraction of sp³-hybridized carbons (Fsp3) is 0.500. The predicted molar refractivity (Wildman–Crippen MR) is 74.6 cm³/mol. The summed E-state index contributed by atoms with van der Waals surface area (Å²) in [7, 11) is -3.73. The Morgan fingerprint density at radius 1 is 1.22 bits per heavy atom. The van der Waals surface area contributed by atoms with Gasteiger partial charge in [-0.25, -0.2) is 0 Å². The van der Waals surface area contributed by atoms with Crippen LogP contribution in [0.15, 0.2) is 12.1 Å². The molecule has 1 unspecified atom stereocenters. The fourth-order valence-electron chi connectivity index (χ4n) is 2.17. The highest BCUT2D eigenvalue weighted by Gasteiger charge is 2.31. The van der Waals surface area contributed by atoms with E-state index in [-0.39, 0.29) is 6.16 Å². The third kappa shape index (κ3) is 3.30. The monoisotopic (exact) mass is 268 g/mol. The average Bonchev–Trinajstić information content (AvgIpc) is 2.24. The van der Waals surface area contributed by atoms with Crippen LogP contribution in [-0.4, -0.2) is 16.6 Å². The Morgan fingerprint density at radius 3 is 2.17 bits per heavy atom. The van der Waals surface area contributed by atoms with Gasteiger partial charge in [0.25, 0.3) is 7.37 Å². The van der Waals surface area contributed by atoms with Crippen molar-refractivity contribution in [3.8, 4) is 0 Å². The second-order valence-corrected chi connectivity index (χ2v) is 7.11. The zero-order chi connectivity index (χ0) is 13.9. The van der Waals surface area contributed by atoms with Crippen molar-refractivity contribution >= 4 is 12.9 Å². The van der Waals surface area contributed by atoms with E-state index >= 15 is 0 Å². The van der Waals surface area contributed by atoms with E-state index in [4.69, 9.17) is 0 Å². The molecule has 18 heavy (non-hydrogen) atoms. The lowest BCUT2D eigenvalue weighted by Crippen LogP contribution is -2.08. The number of unbranched alkanes of at least 4 members (excludes halogenated alkanes) is 1. The molecule has 0 aliphatic heterocycles. The van der Waals surface area contributed by atoms with Gasteiger partial charge in [0.2, 0.25) is 5.52 Å². The van der Waals surface area contributed by atoms with Crippen molar-refractivity contribution < 1.29 is 14.3 Å². The van der Waals surface area contributed by atoms with Crippen LogP contribution < -0.4 is 0 Å². The van der Waals surface area contributed by atoms with Gasteiger partial charge in [-0.3, -0.25) is 9.36 Å². The molecule has 0 saturated carbocycles. The van der Waals surface area contributed by atoms with Crippen molar-refractivity contribution in [3.63, 3.8) is 0 Å². The average molecular weight is 268 g/mol. The zero-order valence-electron chi connectivity index (χ0n) is 11.5. The van der Waals surface area contributed by atoms with E-state index in [1.165, 1.54) is 0 Å². The van der Waals surface area contributed by atoms with Crippen LogP contribution in [-0.2, 0) is 4.57 Å². The number of benzene rings is 1. The normalized spacial score (nSPS) is 14.3. The lowest BCUT2D eigenvalue weighted by atomic mass is 10.0. The number of aryl methyl sites for hydroxylation is 3. The molecule has 0 aliphatic carbocycles. The third-order valence-electron chi connectivity index (χ3n) is 3.02. The Bertz CT molecular complexity index is 483. The first-order chi connectivity index (χ1) is 8.29. The van der Waals surface area contributed by atoms with Crippen LogP contribution in [0, 0.1) is 20.8 Å². The van der Waals surface area contributed by atoms with Gasteiger partial charge in [-0.1, -0.05) is 31.0 Å². The lowest BCUT2D eigenvalue weighted by molar-refractivity contribution is 0.106. The van der Waals surface area contributed by atoms with Crippen LogP contribution in [0.25, 0.3) is 0 Å². The highest BCUT2D eigenvalue weighted by atomic mass is 31.2. The highest BCUT2D eigenvalue weighted by molar-refractivity contribution is 7.76. The van der Waals surface area contributed by atoms with Crippen molar-refractivity contribution in [2.75, 3.05) is 6.16 Å². The molecule has 1 atom stereocenters. The molecule has 1 aromatic carbocycles.